The van der Waals surface area contributed by atoms with Gasteiger partial charge in [-0.15, -0.1) is 0 Å². The summed E-state index contributed by atoms with van der Waals surface area (Å²) in [6.07, 6.45) is -4.77. The van der Waals surface area contributed by atoms with Crippen molar-refractivity contribution in [2.45, 2.75) is 44.8 Å². The highest BCUT2D eigenvalue weighted by Gasteiger charge is 2.37. The molecule has 4 aromatic rings. The Hall–Kier alpha value is -4.00. The molecule has 13 heteroatoms. The number of benzene rings is 2. The number of hydrogen-bond acceptors (Lipinski definition) is 6. The monoisotopic (exact) mass is 548 g/mol. The van der Waals surface area contributed by atoms with Gasteiger partial charge in [-0.25, -0.2) is 24.2 Å². The van der Waals surface area contributed by atoms with Crippen molar-refractivity contribution >= 4 is 34.1 Å². The van der Waals surface area contributed by atoms with Crippen molar-refractivity contribution < 1.29 is 32.0 Å². The van der Waals surface area contributed by atoms with Crippen molar-refractivity contribution in [3.63, 3.8) is 0 Å². The quantitative estimate of drug-likeness (QED) is 0.167. The van der Waals surface area contributed by atoms with Gasteiger partial charge in [-0.05, 0) is 37.6 Å². The third-order valence-electron chi connectivity index (χ3n) is 6.84. The molecule has 0 saturated carbocycles. The van der Waals surface area contributed by atoms with Crippen LogP contribution in [0.5, 0.6) is 0 Å². The maximum Gasteiger partial charge on any atom is 0.434 e. The fourth-order valence-electron chi connectivity index (χ4n) is 4.88. The van der Waals surface area contributed by atoms with Crippen molar-refractivity contribution in [2.75, 3.05) is 23.3 Å². The average molecular weight is 549 g/mol. The number of aryl methyl sites for hydroxylation is 1. The van der Waals surface area contributed by atoms with Crippen LogP contribution in [-0.2, 0) is 6.18 Å². The van der Waals surface area contributed by atoms with E-state index in [4.69, 9.17) is 10.2 Å². The fourth-order valence-corrected chi connectivity index (χ4v) is 4.88. The van der Waals surface area contributed by atoms with Crippen LogP contribution in [0.15, 0.2) is 42.6 Å². The summed E-state index contributed by atoms with van der Waals surface area (Å²) in [4.78, 5) is 22.3. The lowest BCUT2D eigenvalue weighted by molar-refractivity contribution is -0.140. The first-order valence-electron chi connectivity index (χ1n) is 12.2. The summed E-state index contributed by atoms with van der Waals surface area (Å²) in [5.41, 5.74) is 2.78. The molecule has 8 nitrogen and oxygen atoms in total. The van der Waals surface area contributed by atoms with Gasteiger partial charge in [-0.3, -0.25) is 14.4 Å². The van der Waals surface area contributed by atoms with Gasteiger partial charge in [-0.2, -0.15) is 13.2 Å². The number of alkyl halides is 5. The van der Waals surface area contributed by atoms with Gasteiger partial charge in [0.15, 0.2) is 5.69 Å². The molecule has 1 aliphatic heterocycles. The number of nitrogens with zero attached hydrogens (tertiary/aromatic N) is 4. The van der Waals surface area contributed by atoms with E-state index in [1.165, 1.54) is 10.5 Å². The van der Waals surface area contributed by atoms with Crippen molar-refractivity contribution in [1.82, 2.24) is 19.8 Å². The van der Waals surface area contributed by atoms with Gasteiger partial charge in [0.2, 0.25) is 5.95 Å². The molecule has 0 radical (unpaired) electrons. The van der Waals surface area contributed by atoms with Gasteiger partial charge >= 0.3 is 6.18 Å². The van der Waals surface area contributed by atoms with Crippen LogP contribution >= 0.6 is 0 Å². The molecule has 0 aliphatic carbocycles. The standard InChI is InChI=1S/C26H25F5N6O2/c1-14-11-17(15(2)32-19-6-4-3-5-16(19)23(38)35-39)21-18(12-14)22-33-20(26(29,30)31)13-37(22)24(34-21)36-9-7-25(27,28)8-10-36/h3-6,11-13,15,32,39H,7-10H2,1-2H3,(H,35,38)/t15-/m1/s1. The molecule has 3 N–H and O–H groups in total. The maximum atomic E-state index is 13.9. The summed E-state index contributed by atoms with van der Waals surface area (Å²) >= 11 is 0. The number of hydroxylamine groups is 1. The zero-order valence-electron chi connectivity index (χ0n) is 21.0. The zero-order valence-corrected chi connectivity index (χ0v) is 21.0. The summed E-state index contributed by atoms with van der Waals surface area (Å²) in [5.74, 6) is -3.48. The Balaban J connectivity index is 1.68. The Bertz CT molecular complexity index is 1560. The maximum absolute atomic E-state index is 13.9. The molecule has 3 heterocycles. The number of anilines is 2. The summed E-state index contributed by atoms with van der Waals surface area (Å²) in [7, 11) is 0. The van der Waals surface area contributed by atoms with Gasteiger partial charge in [0.1, 0.15) is 5.65 Å². The first kappa shape index (κ1) is 26.6. The van der Waals surface area contributed by atoms with Gasteiger partial charge in [0.25, 0.3) is 11.8 Å². The number of rotatable bonds is 5. The predicted octanol–water partition coefficient (Wildman–Crippen LogP) is 5.74. The Morgan fingerprint density at radius 1 is 1.13 bits per heavy atom. The van der Waals surface area contributed by atoms with Crippen LogP contribution in [0, 0.1) is 6.92 Å². The lowest BCUT2D eigenvalue weighted by Gasteiger charge is -2.33. The Labute approximate surface area is 219 Å². The van der Waals surface area contributed by atoms with E-state index in [0.717, 1.165) is 11.8 Å². The molecular weight excluding hydrogens is 523 g/mol. The summed E-state index contributed by atoms with van der Waals surface area (Å²) in [6.45, 7) is 3.41. The number of carbonyl (C=O) groups is 1. The van der Waals surface area contributed by atoms with E-state index in [0.29, 0.717) is 22.2 Å². The zero-order chi connectivity index (χ0) is 28.1. The summed E-state index contributed by atoms with van der Waals surface area (Å²) < 4.78 is 70.1. The number of hydrogen-bond donors (Lipinski definition) is 3. The number of imidazole rings is 1. The van der Waals surface area contributed by atoms with Gasteiger partial charge in [0.05, 0.1) is 17.1 Å². The molecule has 1 atom stereocenters. The van der Waals surface area contributed by atoms with Crippen LogP contribution < -0.4 is 15.7 Å². The molecule has 2 aromatic carbocycles. The normalized spacial score (nSPS) is 16.5. The predicted molar refractivity (Wildman–Crippen MR) is 134 cm³/mol. The number of halogens is 5. The lowest BCUT2D eigenvalue weighted by atomic mass is 10.00. The van der Waals surface area contributed by atoms with Gasteiger partial charge in [-0.1, -0.05) is 18.2 Å². The molecule has 0 unspecified atom stereocenters. The number of fused-ring (bicyclic) bond motifs is 3. The Morgan fingerprint density at radius 3 is 2.49 bits per heavy atom. The third-order valence-corrected chi connectivity index (χ3v) is 6.84. The molecule has 1 amide bonds. The minimum atomic E-state index is -4.72. The van der Waals surface area contributed by atoms with Crippen LogP contribution in [0.1, 0.15) is 53.0 Å². The number of amides is 1. The van der Waals surface area contributed by atoms with E-state index in [1.807, 2.05) is 6.07 Å². The van der Waals surface area contributed by atoms with Crippen LogP contribution in [-0.4, -0.2) is 44.5 Å². The molecule has 206 valence electrons. The Kier molecular flexibility index (Phi) is 6.57. The van der Waals surface area contributed by atoms with E-state index < -0.39 is 42.6 Å². The highest BCUT2D eigenvalue weighted by Crippen LogP contribution is 2.37. The molecule has 39 heavy (non-hydrogen) atoms. The van der Waals surface area contributed by atoms with E-state index in [1.54, 1.807) is 48.5 Å². The van der Waals surface area contributed by atoms with Crippen molar-refractivity contribution in [1.29, 1.82) is 0 Å². The SMILES string of the molecule is Cc1cc([C@@H](C)Nc2ccccc2C(=O)NO)c2nc(N3CCC(F)(F)CC3)n3cc(C(F)(F)F)nc3c2c1. The smallest absolute Gasteiger partial charge is 0.378 e. The van der Waals surface area contributed by atoms with Crippen molar-refractivity contribution in [2.24, 2.45) is 0 Å². The summed E-state index contributed by atoms with van der Waals surface area (Å²) in [5, 5.41) is 12.7. The fraction of sp³-hybridized carbons (Fsp3) is 0.346. The van der Waals surface area contributed by atoms with E-state index in [-0.39, 0.29) is 30.2 Å². The molecule has 1 fully saturated rings. The minimum Gasteiger partial charge on any atom is -0.378 e. The van der Waals surface area contributed by atoms with Crippen LogP contribution in [0.3, 0.4) is 0 Å². The topological polar surface area (TPSA) is 94.8 Å². The Morgan fingerprint density at radius 2 is 1.82 bits per heavy atom. The van der Waals surface area contributed by atoms with E-state index >= 15 is 0 Å². The van der Waals surface area contributed by atoms with Crippen LogP contribution in [0.25, 0.3) is 16.6 Å². The third kappa shape index (κ3) is 5.05. The van der Waals surface area contributed by atoms with Crippen LogP contribution in [0.2, 0.25) is 0 Å². The molecule has 1 aliphatic rings. The van der Waals surface area contributed by atoms with Gasteiger partial charge < -0.3 is 10.2 Å². The van der Waals surface area contributed by atoms with Crippen LogP contribution in [0.4, 0.5) is 33.6 Å². The molecule has 0 spiro atoms. The number of para-hydroxylation sites is 1. The van der Waals surface area contributed by atoms with Gasteiger partial charge in [0, 0.05) is 48.8 Å². The lowest BCUT2D eigenvalue weighted by Crippen LogP contribution is -2.40. The second kappa shape index (κ2) is 9.63. The molecular formula is C26H25F5N6O2. The highest BCUT2D eigenvalue weighted by molar-refractivity contribution is 5.99. The molecule has 1 saturated heterocycles. The van der Waals surface area contributed by atoms with E-state index in [2.05, 4.69) is 10.3 Å². The second-order valence-corrected chi connectivity index (χ2v) is 9.68. The van der Waals surface area contributed by atoms with Crippen molar-refractivity contribution in [3.8, 4) is 0 Å². The molecule has 0 bridgehead atoms. The number of piperidine rings is 1. The first-order valence-corrected chi connectivity index (χ1v) is 12.2. The summed E-state index contributed by atoms with van der Waals surface area (Å²) in [6, 6.07) is 9.49. The molecule has 2 aromatic heterocycles. The highest BCUT2D eigenvalue weighted by atomic mass is 19.4. The number of aromatic nitrogens is 3. The van der Waals surface area contributed by atoms with E-state index in [9.17, 15) is 26.7 Å². The average Bonchev–Trinajstić information content (AvgIpc) is 3.35. The second-order valence-electron chi connectivity index (χ2n) is 9.68. The van der Waals surface area contributed by atoms with Crippen molar-refractivity contribution in [3.05, 3.63) is 65.0 Å². The number of carbonyl (C=O) groups excluding carboxylic acids is 1. The number of nitrogens with one attached hydrogen (secondary N) is 2. The largest absolute Gasteiger partial charge is 0.434 e. The first-order chi connectivity index (χ1) is 18.4. The molecule has 5 rings (SSSR count). The minimum absolute atomic E-state index is 0.0110.